The molecule has 0 aromatic carbocycles. The van der Waals surface area contributed by atoms with Gasteiger partial charge in [-0.3, -0.25) is 0 Å². The monoisotopic (exact) mass is 255 g/mol. The van der Waals surface area contributed by atoms with Crippen LogP contribution in [0.4, 0.5) is 0 Å². The minimum absolute atomic E-state index is 0.0278. The van der Waals surface area contributed by atoms with Crippen LogP contribution in [-0.4, -0.2) is 19.3 Å². The van der Waals surface area contributed by atoms with Crippen LogP contribution in [0.2, 0.25) is 0 Å². The molecule has 0 amide bonds. The highest BCUT2D eigenvalue weighted by atomic mass is 32.1. The Morgan fingerprint density at radius 3 is 2.59 bits per heavy atom. The molecule has 0 aliphatic carbocycles. The van der Waals surface area contributed by atoms with Crippen molar-refractivity contribution in [1.82, 2.24) is 5.32 Å². The van der Waals surface area contributed by atoms with Gasteiger partial charge in [0.05, 0.1) is 5.60 Å². The summed E-state index contributed by atoms with van der Waals surface area (Å²) in [6.07, 6.45) is 2.19. The largest absolute Gasteiger partial charge is 0.379 e. The van der Waals surface area contributed by atoms with Crippen LogP contribution in [0.5, 0.6) is 0 Å². The Kier molecular flexibility index (Phi) is 5.63. The van der Waals surface area contributed by atoms with Gasteiger partial charge in [0.15, 0.2) is 0 Å². The molecule has 0 aliphatic heterocycles. The van der Waals surface area contributed by atoms with Crippen molar-refractivity contribution >= 4 is 11.3 Å². The van der Waals surface area contributed by atoms with Crippen molar-refractivity contribution in [1.29, 1.82) is 0 Å². The zero-order valence-electron chi connectivity index (χ0n) is 11.7. The Labute approximate surface area is 109 Å². The molecule has 0 aliphatic rings. The molecule has 1 aromatic rings. The number of hydrogen-bond acceptors (Lipinski definition) is 3. The highest BCUT2D eigenvalue weighted by Crippen LogP contribution is 2.29. The van der Waals surface area contributed by atoms with Crippen molar-refractivity contribution in [3.05, 3.63) is 21.9 Å². The van der Waals surface area contributed by atoms with Crippen LogP contribution in [0.25, 0.3) is 0 Å². The van der Waals surface area contributed by atoms with E-state index in [9.17, 15) is 0 Å². The van der Waals surface area contributed by atoms with E-state index in [4.69, 9.17) is 4.74 Å². The molecule has 0 fully saturated rings. The number of rotatable bonds is 7. The summed E-state index contributed by atoms with van der Waals surface area (Å²) in [7, 11) is 1.79. The number of nitrogens with one attached hydrogen (secondary N) is 1. The molecule has 0 spiro atoms. The molecule has 1 N–H and O–H groups in total. The van der Waals surface area contributed by atoms with Crippen molar-refractivity contribution in [2.45, 2.75) is 52.2 Å². The predicted octanol–water partition coefficient (Wildman–Crippen LogP) is 3.91. The molecule has 0 saturated carbocycles. The lowest BCUT2D eigenvalue weighted by Crippen LogP contribution is -2.27. The minimum atomic E-state index is -0.0278. The standard InChI is InChI=1S/C14H25NOS/c1-6-15-12(9-10-14(3,4)16-5)13-8-7-11(2)17-13/h7-8,12,15H,6,9-10H2,1-5H3. The number of ether oxygens (including phenoxy) is 1. The Hall–Kier alpha value is -0.380. The first kappa shape index (κ1) is 14.7. The second-order valence-corrected chi connectivity index (χ2v) is 6.38. The van der Waals surface area contributed by atoms with E-state index in [2.05, 4.69) is 45.1 Å². The lowest BCUT2D eigenvalue weighted by Gasteiger charge is -2.26. The molecular formula is C14H25NOS. The van der Waals surface area contributed by atoms with Gasteiger partial charge in [-0.1, -0.05) is 6.92 Å². The number of aryl methyl sites for hydroxylation is 1. The molecule has 2 nitrogen and oxygen atoms in total. The van der Waals surface area contributed by atoms with E-state index in [1.54, 1.807) is 7.11 Å². The van der Waals surface area contributed by atoms with Crippen LogP contribution >= 0.6 is 11.3 Å². The Balaban J connectivity index is 2.61. The fraction of sp³-hybridized carbons (Fsp3) is 0.714. The third-order valence-corrected chi connectivity index (χ3v) is 4.26. The van der Waals surface area contributed by atoms with Gasteiger partial charge >= 0.3 is 0 Å². The maximum Gasteiger partial charge on any atom is 0.0623 e. The van der Waals surface area contributed by atoms with Gasteiger partial charge in [-0.05, 0) is 52.3 Å². The van der Waals surface area contributed by atoms with E-state index < -0.39 is 0 Å². The van der Waals surface area contributed by atoms with Crippen LogP contribution in [0, 0.1) is 6.92 Å². The maximum atomic E-state index is 5.48. The van der Waals surface area contributed by atoms with Gasteiger partial charge in [0.25, 0.3) is 0 Å². The summed E-state index contributed by atoms with van der Waals surface area (Å²) < 4.78 is 5.48. The Morgan fingerprint density at radius 2 is 2.12 bits per heavy atom. The number of hydrogen-bond donors (Lipinski definition) is 1. The minimum Gasteiger partial charge on any atom is -0.379 e. The summed E-state index contributed by atoms with van der Waals surface area (Å²) in [5.41, 5.74) is -0.0278. The smallest absolute Gasteiger partial charge is 0.0623 e. The van der Waals surface area contributed by atoms with E-state index in [1.807, 2.05) is 11.3 Å². The van der Waals surface area contributed by atoms with E-state index in [0.29, 0.717) is 6.04 Å². The first-order valence-corrected chi connectivity index (χ1v) is 7.15. The van der Waals surface area contributed by atoms with E-state index in [0.717, 1.165) is 19.4 Å². The quantitative estimate of drug-likeness (QED) is 0.797. The van der Waals surface area contributed by atoms with Crippen molar-refractivity contribution in [3.63, 3.8) is 0 Å². The molecule has 17 heavy (non-hydrogen) atoms. The zero-order valence-corrected chi connectivity index (χ0v) is 12.5. The van der Waals surface area contributed by atoms with Gasteiger partial charge in [-0.2, -0.15) is 0 Å². The van der Waals surface area contributed by atoms with Crippen molar-refractivity contribution in [3.8, 4) is 0 Å². The molecule has 0 saturated heterocycles. The summed E-state index contributed by atoms with van der Waals surface area (Å²) in [5, 5.41) is 3.56. The van der Waals surface area contributed by atoms with Crippen molar-refractivity contribution in [2.24, 2.45) is 0 Å². The first-order chi connectivity index (χ1) is 7.98. The second kappa shape index (κ2) is 6.53. The van der Waals surface area contributed by atoms with Gasteiger partial charge in [-0.15, -0.1) is 11.3 Å². The maximum absolute atomic E-state index is 5.48. The van der Waals surface area contributed by atoms with Gasteiger partial charge in [0, 0.05) is 22.9 Å². The SMILES string of the molecule is CCNC(CCC(C)(C)OC)c1ccc(C)s1. The molecular weight excluding hydrogens is 230 g/mol. The molecule has 1 heterocycles. The van der Waals surface area contributed by atoms with Gasteiger partial charge in [-0.25, -0.2) is 0 Å². The van der Waals surface area contributed by atoms with Crippen LogP contribution < -0.4 is 5.32 Å². The average molecular weight is 255 g/mol. The third-order valence-electron chi connectivity index (χ3n) is 3.14. The molecule has 0 bridgehead atoms. The molecule has 1 rings (SSSR count). The summed E-state index contributed by atoms with van der Waals surface area (Å²) in [4.78, 5) is 2.82. The van der Waals surface area contributed by atoms with Crippen molar-refractivity contribution < 1.29 is 4.74 Å². The van der Waals surface area contributed by atoms with Crippen LogP contribution in [0.15, 0.2) is 12.1 Å². The Bertz CT molecular complexity index is 333. The summed E-state index contributed by atoms with van der Waals surface area (Å²) in [5.74, 6) is 0. The van der Waals surface area contributed by atoms with Gasteiger partial charge in [0.2, 0.25) is 0 Å². The summed E-state index contributed by atoms with van der Waals surface area (Å²) >= 11 is 1.89. The zero-order chi connectivity index (χ0) is 12.9. The fourth-order valence-corrected chi connectivity index (χ4v) is 2.81. The fourth-order valence-electron chi connectivity index (χ4n) is 1.83. The molecule has 98 valence electrons. The number of thiophene rings is 1. The Morgan fingerprint density at radius 1 is 1.41 bits per heavy atom. The molecule has 1 aromatic heterocycles. The summed E-state index contributed by atoms with van der Waals surface area (Å²) in [6.45, 7) is 9.63. The topological polar surface area (TPSA) is 21.3 Å². The van der Waals surface area contributed by atoms with Gasteiger partial charge < -0.3 is 10.1 Å². The average Bonchev–Trinajstić information content (AvgIpc) is 2.71. The van der Waals surface area contributed by atoms with Crippen LogP contribution in [0.3, 0.4) is 0 Å². The van der Waals surface area contributed by atoms with Gasteiger partial charge in [0.1, 0.15) is 0 Å². The lowest BCUT2D eigenvalue weighted by atomic mass is 9.98. The molecule has 1 atom stereocenters. The predicted molar refractivity (Wildman–Crippen MR) is 75.8 cm³/mol. The molecule has 3 heteroatoms. The summed E-state index contributed by atoms with van der Waals surface area (Å²) in [6, 6.07) is 4.91. The first-order valence-electron chi connectivity index (χ1n) is 6.33. The molecule has 1 unspecified atom stereocenters. The normalized spacial score (nSPS) is 13.9. The van der Waals surface area contributed by atoms with Crippen LogP contribution in [-0.2, 0) is 4.74 Å². The van der Waals surface area contributed by atoms with E-state index in [-0.39, 0.29) is 5.60 Å². The van der Waals surface area contributed by atoms with E-state index >= 15 is 0 Å². The van der Waals surface area contributed by atoms with Crippen molar-refractivity contribution in [2.75, 3.05) is 13.7 Å². The molecule has 0 radical (unpaired) electrons. The van der Waals surface area contributed by atoms with Crippen LogP contribution in [0.1, 0.15) is 49.4 Å². The third kappa shape index (κ3) is 4.78. The second-order valence-electron chi connectivity index (χ2n) is 5.06. The lowest BCUT2D eigenvalue weighted by molar-refractivity contribution is 0.0118. The highest BCUT2D eigenvalue weighted by molar-refractivity contribution is 7.12. The highest BCUT2D eigenvalue weighted by Gasteiger charge is 2.20. The van der Waals surface area contributed by atoms with E-state index in [1.165, 1.54) is 9.75 Å². The number of methoxy groups -OCH3 is 1.